The van der Waals surface area contributed by atoms with Crippen molar-refractivity contribution in [3.8, 4) is 0 Å². The highest BCUT2D eigenvalue weighted by Gasteiger charge is 2.14. The van der Waals surface area contributed by atoms with Gasteiger partial charge in [0.25, 0.3) is 0 Å². The van der Waals surface area contributed by atoms with Crippen LogP contribution in [0.15, 0.2) is 6.07 Å². The van der Waals surface area contributed by atoms with E-state index in [1.807, 2.05) is 26.8 Å². The third kappa shape index (κ3) is 3.66. The van der Waals surface area contributed by atoms with Crippen molar-refractivity contribution >= 4 is 23.0 Å². The second kappa shape index (κ2) is 5.96. The molecule has 1 heterocycles. The van der Waals surface area contributed by atoms with Crippen LogP contribution in [-0.4, -0.2) is 30.2 Å². The van der Waals surface area contributed by atoms with Crippen LogP contribution in [0.5, 0.6) is 0 Å². The van der Waals surface area contributed by atoms with Crippen LogP contribution < -0.4 is 0 Å². The van der Waals surface area contributed by atoms with E-state index in [0.717, 1.165) is 15.3 Å². The van der Waals surface area contributed by atoms with Gasteiger partial charge in [-0.2, -0.15) is 0 Å². The Balaban J connectivity index is 2.56. The minimum absolute atomic E-state index is 0.0328. The number of hydrogen-bond acceptors (Lipinski definition) is 3. The van der Waals surface area contributed by atoms with Crippen LogP contribution in [0.1, 0.15) is 39.9 Å². The van der Waals surface area contributed by atoms with Crippen molar-refractivity contribution in [2.75, 3.05) is 13.6 Å². The molecule has 0 saturated carbocycles. The molecule has 94 valence electrons. The molecular weight excluding hydrogens is 234 g/mol. The first-order valence-electron chi connectivity index (χ1n) is 5.80. The van der Waals surface area contributed by atoms with Crippen molar-refractivity contribution in [2.24, 2.45) is 0 Å². The van der Waals surface area contributed by atoms with Gasteiger partial charge in [-0.3, -0.25) is 9.59 Å². The predicted molar refractivity (Wildman–Crippen MR) is 70.7 cm³/mol. The Bertz CT molecular complexity index is 423. The largest absolute Gasteiger partial charge is 0.346 e. The molecule has 1 amide bonds. The van der Waals surface area contributed by atoms with Gasteiger partial charge in [-0.25, -0.2) is 0 Å². The maximum Gasteiger partial charge on any atom is 0.222 e. The van der Waals surface area contributed by atoms with Crippen LogP contribution >= 0.6 is 11.3 Å². The van der Waals surface area contributed by atoms with Gasteiger partial charge in [0.15, 0.2) is 5.78 Å². The molecule has 0 fully saturated rings. The number of carbonyl (C=O) groups excluding carboxylic acids is 2. The summed E-state index contributed by atoms with van der Waals surface area (Å²) in [5.41, 5.74) is 0.777. The van der Waals surface area contributed by atoms with Crippen molar-refractivity contribution in [1.29, 1.82) is 0 Å². The average Bonchev–Trinajstić information content (AvgIpc) is 2.63. The zero-order valence-electron chi connectivity index (χ0n) is 10.9. The first-order valence-corrected chi connectivity index (χ1v) is 6.61. The lowest BCUT2D eigenvalue weighted by Crippen LogP contribution is -2.26. The predicted octanol–water partition coefficient (Wildman–Crippen LogP) is 2.81. The lowest BCUT2D eigenvalue weighted by atomic mass is 10.1. The van der Waals surface area contributed by atoms with Crippen molar-refractivity contribution in [2.45, 2.75) is 33.6 Å². The summed E-state index contributed by atoms with van der Waals surface area (Å²) in [6.45, 7) is 6.55. The summed E-state index contributed by atoms with van der Waals surface area (Å²) in [7, 11) is 1.76. The average molecular weight is 253 g/mol. The lowest BCUT2D eigenvalue weighted by Gasteiger charge is -2.13. The maximum absolute atomic E-state index is 11.9. The summed E-state index contributed by atoms with van der Waals surface area (Å²) in [6, 6.07) is 1.91. The maximum atomic E-state index is 11.9. The minimum atomic E-state index is 0.0328. The van der Waals surface area contributed by atoms with Gasteiger partial charge in [0, 0.05) is 41.8 Å². The Morgan fingerprint density at radius 2 is 1.94 bits per heavy atom. The Morgan fingerprint density at radius 3 is 2.41 bits per heavy atom. The molecule has 0 N–H and O–H groups in total. The molecular formula is C13H19NO2S. The fourth-order valence-corrected chi connectivity index (χ4v) is 2.57. The number of aryl methyl sites for hydroxylation is 2. The fraction of sp³-hybridized carbons (Fsp3) is 0.538. The topological polar surface area (TPSA) is 37.4 Å². The molecule has 1 aromatic rings. The van der Waals surface area contributed by atoms with E-state index in [-0.39, 0.29) is 11.7 Å². The van der Waals surface area contributed by atoms with E-state index in [1.54, 1.807) is 23.3 Å². The zero-order valence-corrected chi connectivity index (χ0v) is 11.7. The highest BCUT2D eigenvalue weighted by atomic mass is 32.1. The van der Waals surface area contributed by atoms with Crippen LogP contribution in [0.3, 0.4) is 0 Å². The first kappa shape index (κ1) is 13.9. The summed E-state index contributed by atoms with van der Waals surface area (Å²) in [5, 5.41) is 0. The second-order valence-electron chi connectivity index (χ2n) is 4.16. The molecule has 17 heavy (non-hydrogen) atoms. The van der Waals surface area contributed by atoms with Crippen LogP contribution in [0, 0.1) is 13.8 Å². The Hall–Kier alpha value is -1.16. The highest BCUT2D eigenvalue weighted by molar-refractivity contribution is 7.12. The lowest BCUT2D eigenvalue weighted by molar-refractivity contribution is -0.129. The number of Topliss-reactive ketones (excluding diaryl/α,β-unsaturated/α-hetero) is 1. The van der Waals surface area contributed by atoms with Gasteiger partial charge in [-0.1, -0.05) is 0 Å². The number of nitrogens with zero attached hydrogens (tertiary/aromatic N) is 1. The van der Waals surface area contributed by atoms with Gasteiger partial charge in [0.05, 0.1) is 0 Å². The van der Waals surface area contributed by atoms with Gasteiger partial charge in [-0.05, 0) is 26.8 Å². The van der Waals surface area contributed by atoms with E-state index in [0.29, 0.717) is 19.4 Å². The van der Waals surface area contributed by atoms with Crippen molar-refractivity contribution in [1.82, 2.24) is 4.90 Å². The number of thiophene rings is 1. The number of carbonyl (C=O) groups is 2. The number of hydrogen-bond donors (Lipinski definition) is 0. The smallest absolute Gasteiger partial charge is 0.222 e. The standard InChI is InChI=1S/C13H19NO2S/c1-5-14(4)13(16)7-6-12(15)11-8-9(2)17-10(11)3/h8H,5-7H2,1-4H3. The second-order valence-corrected chi connectivity index (χ2v) is 5.62. The van der Waals surface area contributed by atoms with E-state index >= 15 is 0 Å². The van der Waals surface area contributed by atoms with Crippen LogP contribution in [-0.2, 0) is 4.79 Å². The molecule has 0 bridgehead atoms. The van der Waals surface area contributed by atoms with Gasteiger partial charge < -0.3 is 4.90 Å². The third-order valence-corrected chi connectivity index (χ3v) is 3.77. The van der Waals surface area contributed by atoms with Crippen molar-refractivity contribution in [3.05, 3.63) is 21.4 Å². The molecule has 0 aliphatic carbocycles. The molecule has 3 nitrogen and oxygen atoms in total. The summed E-state index contributed by atoms with van der Waals surface area (Å²) in [6.07, 6.45) is 0.609. The number of ketones is 1. The Morgan fingerprint density at radius 1 is 1.29 bits per heavy atom. The SMILES string of the molecule is CCN(C)C(=O)CCC(=O)c1cc(C)sc1C. The number of rotatable bonds is 5. The van der Waals surface area contributed by atoms with Gasteiger partial charge >= 0.3 is 0 Å². The molecule has 1 aromatic heterocycles. The minimum Gasteiger partial charge on any atom is -0.346 e. The first-order chi connectivity index (χ1) is 7.95. The van der Waals surface area contributed by atoms with Gasteiger partial charge in [0.2, 0.25) is 5.91 Å². The van der Waals surface area contributed by atoms with E-state index in [9.17, 15) is 9.59 Å². The van der Waals surface area contributed by atoms with Gasteiger partial charge in [0.1, 0.15) is 0 Å². The summed E-state index contributed by atoms with van der Waals surface area (Å²) < 4.78 is 0. The molecule has 0 aliphatic heterocycles. The van der Waals surface area contributed by atoms with Crippen LogP contribution in [0.4, 0.5) is 0 Å². The summed E-state index contributed by atoms with van der Waals surface area (Å²) in [5.74, 6) is 0.107. The van der Waals surface area contributed by atoms with E-state index < -0.39 is 0 Å². The molecule has 1 rings (SSSR count). The Labute approximate surface area is 106 Å². The third-order valence-electron chi connectivity index (χ3n) is 2.81. The van der Waals surface area contributed by atoms with Crippen molar-refractivity contribution in [3.63, 3.8) is 0 Å². The van der Waals surface area contributed by atoms with Gasteiger partial charge in [-0.15, -0.1) is 11.3 Å². The molecule has 0 saturated heterocycles. The molecule has 0 unspecified atom stereocenters. The van der Waals surface area contributed by atoms with E-state index in [2.05, 4.69) is 0 Å². The highest BCUT2D eigenvalue weighted by Crippen LogP contribution is 2.22. The molecule has 0 radical (unpaired) electrons. The van der Waals surface area contributed by atoms with Crippen molar-refractivity contribution < 1.29 is 9.59 Å². The monoisotopic (exact) mass is 253 g/mol. The zero-order chi connectivity index (χ0) is 13.0. The van der Waals surface area contributed by atoms with Crippen LogP contribution in [0.2, 0.25) is 0 Å². The number of amides is 1. The molecule has 0 aromatic carbocycles. The normalized spacial score (nSPS) is 10.4. The summed E-state index contributed by atoms with van der Waals surface area (Å²) >= 11 is 1.63. The van der Waals surface area contributed by atoms with Crippen LogP contribution in [0.25, 0.3) is 0 Å². The fourth-order valence-electron chi connectivity index (χ4n) is 1.63. The Kier molecular flexibility index (Phi) is 4.87. The molecule has 0 aliphatic rings. The summed E-state index contributed by atoms with van der Waals surface area (Å²) in [4.78, 5) is 27.3. The molecule has 4 heteroatoms. The molecule has 0 atom stereocenters. The quantitative estimate of drug-likeness (QED) is 0.757. The molecule has 0 spiro atoms. The van der Waals surface area contributed by atoms with E-state index in [1.165, 1.54) is 0 Å². The van der Waals surface area contributed by atoms with E-state index in [4.69, 9.17) is 0 Å².